The molecule has 6 heteroatoms. The molecule has 0 bridgehead atoms. The van der Waals surface area contributed by atoms with Crippen molar-refractivity contribution in [3.8, 4) is 11.1 Å². The highest BCUT2D eigenvalue weighted by molar-refractivity contribution is 6.50. The maximum absolute atomic E-state index is 9.75. The van der Waals surface area contributed by atoms with Gasteiger partial charge in [0.2, 0.25) is 0 Å². The molecule has 0 atom stereocenters. The van der Waals surface area contributed by atoms with Gasteiger partial charge in [-0.3, -0.25) is 0 Å². The Labute approximate surface area is 140 Å². The van der Waals surface area contributed by atoms with Gasteiger partial charge in [-0.1, -0.05) is 50.8 Å². The van der Waals surface area contributed by atoms with Crippen LogP contribution >= 0.6 is 0 Å². The number of aromatic nitrogens is 1. The molecule has 1 heterocycles. The zero-order valence-electron chi connectivity index (χ0n) is 14.0. The molecule has 1 aromatic carbocycles. The van der Waals surface area contributed by atoms with E-state index in [2.05, 4.69) is 67.5 Å². The first kappa shape index (κ1) is 19.9. The average molecular weight is 339 g/mol. The predicted octanol–water partition coefficient (Wildman–Crippen LogP) is 5.25. The number of hydrogen-bond acceptors (Lipinski definition) is 0. The molecule has 0 fully saturated rings. The monoisotopic (exact) mass is 339 g/mol. The third kappa shape index (κ3) is 6.56. The van der Waals surface area contributed by atoms with Crippen molar-refractivity contribution in [2.24, 2.45) is 0 Å². The highest BCUT2D eigenvalue weighted by Gasteiger charge is 2.20. The van der Waals surface area contributed by atoms with E-state index in [9.17, 15) is 17.3 Å². The van der Waals surface area contributed by atoms with E-state index in [-0.39, 0.29) is 0 Å². The van der Waals surface area contributed by atoms with Crippen LogP contribution in [0.4, 0.5) is 17.3 Å². The van der Waals surface area contributed by atoms with Gasteiger partial charge in [0.25, 0.3) is 0 Å². The first-order chi connectivity index (χ1) is 11.3. The molecule has 2 aromatic rings. The van der Waals surface area contributed by atoms with Crippen molar-refractivity contribution in [2.75, 3.05) is 0 Å². The summed E-state index contributed by atoms with van der Waals surface area (Å²) in [6.45, 7) is 9.18. The summed E-state index contributed by atoms with van der Waals surface area (Å²) >= 11 is 0. The van der Waals surface area contributed by atoms with Crippen molar-refractivity contribution >= 4 is 7.25 Å². The van der Waals surface area contributed by atoms with Crippen LogP contribution in [0, 0.1) is 0 Å². The standard InChI is InChI=1S/C18H22N.BF4/c1-4-12-19-17(5-2)13-16(14-18(19)6-3)15-10-8-7-9-11-15;2-1(3,4)5/h4,7-11,13-14H,1,5-6,12H2,2-3H3;/q+1;-1. The molecule has 1 aromatic heterocycles. The summed E-state index contributed by atoms with van der Waals surface area (Å²) < 4.78 is 41.4. The quantitative estimate of drug-likeness (QED) is 0.303. The average Bonchev–Trinajstić information content (AvgIpc) is 2.54. The topological polar surface area (TPSA) is 3.88 Å². The Morgan fingerprint density at radius 1 is 0.917 bits per heavy atom. The van der Waals surface area contributed by atoms with E-state index in [0.29, 0.717) is 0 Å². The number of aryl methyl sites for hydroxylation is 2. The lowest BCUT2D eigenvalue weighted by Crippen LogP contribution is -2.41. The second-order valence-electron chi connectivity index (χ2n) is 5.19. The van der Waals surface area contributed by atoms with E-state index in [1.807, 2.05) is 6.08 Å². The molecule has 24 heavy (non-hydrogen) atoms. The Morgan fingerprint density at radius 3 is 1.75 bits per heavy atom. The summed E-state index contributed by atoms with van der Waals surface area (Å²) in [6, 6.07) is 15.2. The highest BCUT2D eigenvalue weighted by Crippen LogP contribution is 2.20. The van der Waals surface area contributed by atoms with Crippen LogP contribution in [0.1, 0.15) is 25.2 Å². The van der Waals surface area contributed by atoms with Gasteiger partial charge >= 0.3 is 7.25 Å². The fourth-order valence-electron chi connectivity index (χ4n) is 2.49. The molecule has 130 valence electrons. The van der Waals surface area contributed by atoms with Crippen LogP contribution in [0.25, 0.3) is 11.1 Å². The van der Waals surface area contributed by atoms with Crippen molar-refractivity contribution < 1.29 is 21.8 Å². The molecule has 2 rings (SSSR count). The zero-order valence-corrected chi connectivity index (χ0v) is 14.0. The lowest BCUT2D eigenvalue weighted by Gasteiger charge is -2.09. The van der Waals surface area contributed by atoms with E-state index in [4.69, 9.17) is 0 Å². The molecule has 0 N–H and O–H groups in total. The van der Waals surface area contributed by atoms with Gasteiger partial charge in [0.05, 0.1) is 0 Å². The molecule has 0 radical (unpaired) electrons. The van der Waals surface area contributed by atoms with Crippen LogP contribution in [0.15, 0.2) is 55.1 Å². The molecule has 0 saturated carbocycles. The minimum Gasteiger partial charge on any atom is -0.418 e. The SMILES string of the molecule is C=CC[n+]1c(CC)cc(-c2ccccc2)cc1CC.F[B-](F)(F)F. The number of allylic oxidation sites excluding steroid dienone is 1. The van der Waals surface area contributed by atoms with Crippen molar-refractivity contribution in [3.63, 3.8) is 0 Å². The maximum atomic E-state index is 9.75. The lowest BCUT2D eigenvalue weighted by atomic mass is 10.0. The van der Waals surface area contributed by atoms with Crippen LogP contribution in [-0.4, -0.2) is 7.25 Å². The summed E-state index contributed by atoms with van der Waals surface area (Å²) in [5.41, 5.74) is 5.35. The van der Waals surface area contributed by atoms with E-state index in [1.54, 1.807) is 0 Å². The molecule has 0 unspecified atom stereocenters. The number of nitrogens with zero attached hydrogens (tertiary/aromatic N) is 1. The largest absolute Gasteiger partial charge is 0.673 e. The van der Waals surface area contributed by atoms with Crippen LogP contribution in [-0.2, 0) is 19.4 Å². The van der Waals surface area contributed by atoms with Gasteiger partial charge < -0.3 is 17.3 Å². The molecule has 0 aliphatic rings. The third-order valence-electron chi connectivity index (χ3n) is 3.48. The summed E-state index contributed by atoms with van der Waals surface area (Å²) in [4.78, 5) is 0. The summed E-state index contributed by atoms with van der Waals surface area (Å²) in [5, 5.41) is 0. The van der Waals surface area contributed by atoms with Gasteiger partial charge in [0.15, 0.2) is 17.9 Å². The summed E-state index contributed by atoms with van der Waals surface area (Å²) in [6.07, 6.45) is 4.06. The van der Waals surface area contributed by atoms with Crippen LogP contribution < -0.4 is 4.57 Å². The molecule has 0 spiro atoms. The first-order valence-corrected chi connectivity index (χ1v) is 7.89. The Kier molecular flexibility index (Phi) is 7.69. The first-order valence-electron chi connectivity index (χ1n) is 7.89. The number of hydrogen-bond donors (Lipinski definition) is 0. The molecule has 0 amide bonds. The molecular formula is C18H22BF4N. The van der Waals surface area contributed by atoms with Crippen LogP contribution in [0.2, 0.25) is 0 Å². The van der Waals surface area contributed by atoms with E-state index in [1.165, 1.54) is 22.5 Å². The third-order valence-corrected chi connectivity index (χ3v) is 3.48. The minimum atomic E-state index is -6.00. The van der Waals surface area contributed by atoms with Gasteiger partial charge in [-0.15, -0.1) is 0 Å². The summed E-state index contributed by atoms with van der Waals surface area (Å²) in [7, 11) is -6.00. The number of halogens is 4. The normalized spacial score (nSPS) is 10.8. The van der Waals surface area contributed by atoms with Crippen LogP contribution in [0.3, 0.4) is 0 Å². The number of pyridine rings is 1. The maximum Gasteiger partial charge on any atom is 0.673 e. The lowest BCUT2D eigenvalue weighted by molar-refractivity contribution is -0.701. The van der Waals surface area contributed by atoms with Crippen molar-refractivity contribution in [2.45, 2.75) is 33.2 Å². The number of benzene rings is 1. The second-order valence-corrected chi connectivity index (χ2v) is 5.19. The Balaban J connectivity index is 0.000000505. The second kappa shape index (κ2) is 9.25. The van der Waals surface area contributed by atoms with Crippen molar-refractivity contribution in [3.05, 3.63) is 66.5 Å². The van der Waals surface area contributed by atoms with Gasteiger partial charge in [0.1, 0.15) is 0 Å². The molecule has 1 nitrogen and oxygen atoms in total. The van der Waals surface area contributed by atoms with Gasteiger partial charge in [0, 0.05) is 25.0 Å². The van der Waals surface area contributed by atoms with E-state index in [0.717, 1.165) is 19.4 Å². The minimum absolute atomic E-state index is 0.890. The van der Waals surface area contributed by atoms with Gasteiger partial charge in [-0.25, -0.2) is 0 Å². The predicted molar refractivity (Wildman–Crippen MR) is 91.2 cm³/mol. The summed E-state index contributed by atoms with van der Waals surface area (Å²) in [5.74, 6) is 0. The van der Waals surface area contributed by atoms with Crippen LogP contribution in [0.5, 0.6) is 0 Å². The molecule has 0 aliphatic heterocycles. The fourth-order valence-corrected chi connectivity index (χ4v) is 2.49. The Bertz CT molecular complexity index is 623. The number of rotatable bonds is 5. The smallest absolute Gasteiger partial charge is 0.418 e. The van der Waals surface area contributed by atoms with Gasteiger partial charge in [-0.2, -0.15) is 4.57 Å². The molecule has 0 aliphatic carbocycles. The van der Waals surface area contributed by atoms with Crippen molar-refractivity contribution in [1.82, 2.24) is 0 Å². The zero-order chi connectivity index (χ0) is 18.2. The fraction of sp³-hybridized carbons (Fsp3) is 0.278. The van der Waals surface area contributed by atoms with E-state index >= 15 is 0 Å². The Morgan fingerprint density at radius 2 is 1.38 bits per heavy atom. The van der Waals surface area contributed by atoms with Crippen molar-refractivity contribution in [1.29, 1.82) is 0 Å². The molecule has 0 saturated heterocycles. The van der Waals surface area contributed by atoms with E-state index < -0.39 is 7.25 Å². The molecular weight excluding hydrogens is 317 g/mol. The van der Waals surface area contributed by atoms with Gasteiger partial charge in [-0.05, 0) is 17.2 Å². The Hall–Kier alpha value is -2.11. The highest BCUT2D eigenvalue weighted by atomic mass is 19.5.